The van der Waals surface area contributed by atoms with Gasteiger partial charge in [0.25, 0.3) is 5.91 Å². The molecule has 30 heavy (non-hydrogen) atoms. The van der Waals surface area contributed by atoms with Gasteiger partial charge < -0.3 is 20.3 Å². The number of benzene rings is 2. The van der Waals surface area contributed by atoms with Gasteiger partial charge in [-0.25, -0.2) is 9.97 Å². The SMILES string of the molecule is C#Cc1cccc(OC2CN(c3ncnc(Nc4cccc(C(=O)NC)c4)n3)C2)c1. The molecule has 1 aliphatic rings. The first kappa shape index (κ1) is 19.2. The Kier molecular flexibility index (Phi) is 5.44. The molecule has 0 spiro atoms. The molecule has 0 radical (unpaired) electrons. The van der Waals surface area contributed by atoms with Crippen LogP contribution in [0.5, 0.6) is 5.75 Å². The third-order valence-electron chi connectivity index (χ3n) is 4.60. The van der Waals surface area contributed by atoms with Gasteiger partial charge in [0.2, 0.25) is 11.9 Å². The smallest absolute Gasteiger partial charge is 0.251 e. The van der Waals surface area contributed by atoms with Crippen molar-refractivity contribution in [3.05, 3.63) is 66.0 Å². The molecule has 1 amide bonds. The number of ether oxygens (including phenoxy) is 1. The maximum absolute atomic E-state index is 11.8. The molecule has 8 heteroatoms. The van der Waals surface area contributed by atoms with Gasteiger partial charge in [-0.05, 0) is 36.4 Å². The van der Waals surface area contributed by atoms with E-state index in [0.29, 0.717) is 36.2 Å². The van der Waals surface area contributed by atoms with Gasteiger partial charge in [-0.1, -0.05) is 18.1 Å². The van der Waals surface area contributed by atoms with Gasteiger partial charge in [-0.15, -0.1) is 6.42 Å². The predicted octanol–water partition coefficient (Wildman–Crippen LogP) is 2.22. The van der Waals surface area contributed by atoms with Crippen molar-refractivity contribution >= 4 is 23.5 Å². The highest BCUT2D eigenvalue weighted by molar-refractivity contribution is 5.95. The van der Waals surface area contributed by atoms with Crippen molar-refractivity contribution in [3.63, 3.8) is 0 Å². The normalized spacial score (nSPS) is 13.1. The number of nitrogens with zero attached hydrogens (tertiary/aromatic N) is 4. The van der Waals surface area contributed by atoms with Gasteiger partial charge in [-0.3, -0.25) is 4.79 Å². The van der Waals surface area contributed by atoms with Crippen molar-refractivity contribution in [1.82, 2.24) is 20.3 Å². The molecule has 1 fully saturated rings. The monoisotopic (exact) mass is 400 g/mol. The Bertz CT molecular complexity index is 1100. The lowest BCUT2D eigenvalue weighted by Gasteiger charge is -2.38. The molecule has 2 aromatic carbocycles. The van der Waals surface area contributed by atoms with Crippen LogP contribution in [0.2, 0.25) is 0 Å². The summed E-state index contributed by atoms with van der Waals surface area (Å²) in [5.74, 6) is 4.16. The van der Waals surface area contributed by atoms with Crippen LogP contribution in [0.15, 0.2) is 54.9 Å². The van der Waals surface area contributed by atoms with Crippen LogP contribution in [0.1, 0.15) is 15.9 Å². The van der Waals surface area contributed by atoms with Crippen molar-refractivity contribution in [2.45, 2.75) is 6.10 Å². The number of hydrogen-bond donors (Lipinski definition) is 2. The Hall–Kier alpha value is -4.12. The highest BCUT2D eigenvalue weighted by Gasteiger charge is 2.30. The molecule has 2 heterocycles. The average Bonchev–Trinajstić information content (AvgIpc) is 2.76. The van der Waals surface area contributed by atoms with Gasteiger partial charge in [0, 0.05) is 23.9 Å². The molecule has 4 rings (SSSR count). The summed E-state index contributed by atoms with van der Waals surface area (Å²) >= 11 is 0. The minimum atomic E-state index is -0.158. The number of carbonyl (C=O) groups is 1. The zero-order valence-corrected chi connectivity index (χ0v) is 16.4. The molecule has 0 saturated carbocycles. The van der Waals surface area contributed by atoms with Crippen molar-refractivity contribution in [2.24, 2.45) is 0 Å². The van der Waals surface area contributed by atoms with E-state index in [4.69, 9.17) is 11.2 Å². The quantitative estimate of drug-likeness (QED) is 0.613. The zero-order valence-electron chi connectivity index (χ0n) is 16.4. The maximum Gasteiger partial charge on any atom is 0.251 e. The molecule has 3 aromatic rings. The molecule has 8 nitrogen and oxygen atoms in total. The molecule has 150 valence electrons. The van der Waals surface area contributed by atoms with Gasteiger partial charge in [0.05, 0.1) is 13.1 Å². The number of hydrogen-bond acceptors (Lipinski definition) is 7. The lowest BCUT2D eigenvalue weighted by Crippen LogP contribution is -2.54. The number of anilines is 3. The Morgan fingerprint density at radius 3 is 2.83 bits per heavy atom. The Morgan fingerprint density at radius 2 is 2.03 bits per heavy atom. The summed E-state index contributed by atoms with van der Waals surface area (Å²) in [7, 11) is 1.59. The van der Waals surface area contributed by atoms with E-state index >= 15 is 0 Å². The van der Waals surface area contributed by atoms with Crippen LogP contribution in [-0.2, 0) is 0 Å². The third kappa shape index (κ3) is 4.31. The number of rotatable bonds is 6. The second kappa shape index (κ2) is 8.49. The van der Waals surface area contributed by atoms with Crippen LogP contribution < -0.4 is 20.3 Å². The van der Waals surface area contributed by atoms with Crippen LogP contribution in [0.4, 0.5) is 17.6 Å². The topological polar surface area (TPSA) is 92.3 Å². The van der Waals surface area contributed by atoms with Crippen molar-refractivity contribution < 1.29 is 9.53 Å². The summed E-state index contributed by atoms with van der Waals surface area (Å²) in [6.45, 7) is 1.33. The lowest BCUT2D eigenvalue weighted by atomic mass is 10.1. The van der Waals surface area contributed by atoms with Gasteiger partial charge in [0.1, 0.15) is 18.2 Å². The van der Waals surface area contributed by atoms with Gasteiger partial charge in [0.15, 0.2) is 0 Å². The molecule has 1 aromatic heterocycles. The zero-order chi connectivity index (χ0) is 20.9. The molecule has 0 unspecified atom stereocenters. The summed E-state index contributed by atoms with van der Waals surface area (Å²) in [5, 5.41) is 5.71. The Morgan fingerprint density at radius 1 is 1.20 bits per heavy atom. The largest absolute Gasteiger partial charge is 0.487 e. The standard InChI is InChI=1S/C22H20N6O2/c1-3-15-6-4-9-18(10-15)30-19-12-28(13-19)22-25-14-24-21(27-22)26-17-8-5-7-16(11-17)20(29)23-2/h1,4-11,14,19H,12-13H2,2H3,(H,23,29)(H,24,25,26,27). The van der Waals surface area contributed by atoms with E-state index in [1.807, 2.05) is 35.2 Å². The van der Waals surface area contributed by atoms with Crippen molar-refractivity contribution in [3.8, 4) is 18.1 Å². The van der Waals surface area contributed by atoms with Crippen LogP contribution in [0.3, 0.4) is 0 Å². The van der Waals surface area contributed by atoms with E-state index in [0.717, 1.165) is 11.3 Å². The van der Waals surface area contributed by atoms with E-state index < -0.39 is 0 Å². The van der Waals surface area contributed by atoms with E-state index in [1.165, 1.54) is 6.33 Å². The van der Waals surface area contributed by atoms with E-state index in [1.54, 1.807) is 25.2 Å². The van der Waals surface area contributed by atoms with Crippen LogP contribution in [-0.4, -0.2) is 47.1 Å². The highest BCUT2D eigenvalue weighted by atomic mass is 16.5. The van der Waals surface area contributed by atoms with Gasteiger partial charge in [-0.2, -0.15) is 4.98 Å². The fraction of sp³-hybridized carbons (Fsp3) is 0.182. The Balaban J connectivity index is 1.38. The molecule has 0 atom stereocenters. The molecular weight excluding hydrogens is 380 g/mol. The predicted molar refractivity (Wildman–Crippen MR) is 114 cm³/mol. The fourth-order valence-electron chi connectivity index (χ4n) is 3.04. The van der Waals surface area contributed by atoms with E-state index in [2.05, 4.69) is 31.5 Å². The lowest BCUT2D eigenvalue weighted by molar-refractivity contribution is 0.0963. The minimum Gasteiger partial charge on any atom is -0.487 e. The summed E-state index contributed by atoms with van der Waals surface area (Å²) in [6.07, 6.45) is 6.93. The van der Waals surface area contributed by atoms with E-state index in [-0.39, 0.29) is 12.0 Å². The fourth-order valence-corrected chi connectivity index (χ4v) is 3.04. The number of amides is 1. The summed E-state index contributed by atoms with van der Waals surface area (Å²) < 4.78 is 5.95. The first-order chi connectivity index (χ1) is 14.6. The van der Waals surface area contributed by atoms with Gasteiger partial charge >= 0.3 is 0 Å². The molecule has 0 aliphatic carbocycles. The summed E-state index contributed by atoms with van der Waals surface area (Å²) in [5.41, 5.74) is 2.05. The van der Waals surface area contributed by atoms with Crippen LogP contribution >= 0.6 is 0 Å². The number of aromatic nitrogens is 3. The van der Waals surface area contributed by atoms with Crippen LogP contribution in [0.25, 0.3) is 0 Å². The van der Waals surface area contributed by atoms with E-state index in [9.17, 15) is 4.79 Å². The number of carbonyl (C=O) groups excluding carboxylic acids is 1. The molecular formula is C22H20N6O2. The first-order valence-electron chi connectivity index (χ1n) is 9.41. The number of terminal acetylenes is 1. The third-order valence-corrected chi connectivity index (χ3v) is 4.60. The molecule has 0 bridgehead atoms. The van der Waals surface area contributed by atoms with Crippen LogP contribution in [0, 0.1) is 12.3 Å². The maximum atomic E-state index is 11.8. The van der Waals surface area contributed by atoms with Crippen molar-refractivity contribution in [2.75, 3.05) is 30.4 Å². The highest BCUT2D eigenvalue weighted by Crippen LogP contribution is 2.23. The summed E-state index contributed by atoms with van der Waals surface area (Å²) in [6, 6.07) is 14.6. The second-order valence-electron chi connectivity index (χ2n) is 6.71. The molecule has 1 saturated heterocycles. The number of nitrogens with one attached hydrogen (secondary N) is 2. The average molecular weight is 400 g/mol. The second-order valence-corrected chi connectivity index (χ2v) is 6.71. The summed E-state index contributed by atoms with van der Waals surface area (Å²) in [4.78, 5) is 26.7. The Labute approximate surface area is 174 Å². The minimum absolute atomic E-state index is 0.0374. The molecule has 2 N–H and O–H groups in total. The first-order valence-corrected chi connectivity index (χ1v) is 9.41. The van der Waals surface area contributed by atoms with Crippen molar-refractivity contribution in [1.29, 1.82) is 0 Å². The molecule has 1 aliphatic heterocycles.